The zero-order chi connectivity index (χ0) is 15.0. The fourth-order valence-electron chi connectivity index (χ4n) is 2.60. The Morgan fingerprint density at radius 2 is 1.90 bits per heavy atom. The van der Waals surface area contributed by atoms with Crippen molar-refractivity contribution in [1.29, 1.82) is 0 Å². The Bertz CT molecular complexity index is 861. The second-order valence-electron chi connectivity index (χ2n) is 4.81. The number of nitrogens with zero attached hydrogens (tertiary/aromatic N) is 1. The molecule has 0 fully saturated rings. The molecule has 0 atom stereocenters. The van der Waals surface area contributed by atoms with Gasteiger partial charge in [-0.25, -0.2) is 4.39 Å². The number of aryl methyl sites for hydroxylation is 1. The highest BCUT2D eigenvalue weighted by Crippen LogP contribution is 2.31. The van der Waals surface area contributed by atoms with Gasteiger partial charge in [0.15, 0.2) is 6.20 Å². The number of carboxylic acid groups (broad SMARTS) is 1. The number of halogens is 1. The molecule has 2 aromatic heterocycles. The predicted octanol–water partition coefficient (Wildman–Crippen LogP) is 2.44. The number of hydrogen-bond donors (Lipinski definition) is 2. The van der Waals surface area contributed by atoms with E-state index in [1.54, 1.807) is 40.9 Å². The van der Waals surface area contributed by atoms with Crippen LogP contribution in [0.2, 0.25) is 0 Å². The molecule has 0 saturated carbocycles. The van der Waals surface area contributed by atoms with Crippen LogP contribution in [0.15, 0.2) is 42.6 Å². The number of carboxylic acids is 1. The van der Waals surface area contributed by atoms with Gasteiger partial charge in [-0.05, 0) is 18.6 Å². The number of carbonyl (C=O) groups is 1. The van der Waals surface area contributed by atoms with Gasteiger partial charge in [-0.2, -0.15) is 4.40 Å². The average Bonchev–Trinajstić information content (AvgIpc) is 2.46. The predicted molar refractivity (Wildman–Crippen MR) is 74.7 cm³/mol. The molecule has 5 heteroatoms. The van der Waals surface area contributed by atoms with Crippen molar-refractivity contribution >= 4 is 22.4 Å². The fraction of sp³-hybridized carbons (Fsp3) is 0.125. The Hall–Kier alpha value is -2.69. The Morgan fingerprint density at radius 1 is 1.14 bits per heavy atom. The monoisotopic (exact) mass is 286 g/mol. The van der Waals surface area contributed by atoms with Crippen molar-refractivity contribution in [3.8, 4) is 5.75 Å². The summed E-state index contributed by atoms with van der Waals surface area (Å²) in [5, 5.41) is 19.4. The molecular formula is C16H13FNO3+. The number of benzene rings is 1. The minimum atomic E-state index is -0.961. The van der Waals surface area contributed by atoms with Gasteiger partial charge in [-0.15, -0.1) is 0 Å². The van der Waals surface area contributed by atoms with Gasteiger partial charge in [0.05, 0.1) is 5.56 Å². The van der Waals surface area contributed by atoms with Gasteiger partial charge in [-0.3, -0.25) is 4.79 Å². The molecule has 0 unspecified atom stereocenters. The van der Waals surface area contributed by atoms with Crippen molar-refractivity contribution < 1.29 is 23.8 Å². The lowest BCUT2D eigenvalue weighted by atomic mass is 10.0. The van der Waals surface area contributed by atoms with Crippen LogP contribution in [0.4, 0.5) is 4.39 Å². The van der Waals surface area contributed by atoms with E-state index >= 15 is 0 Å². The molecule has 21 heavy (non-hydrogen) atoms. The van der Waals surface area contributed by atoms with Crippen LogP contribution in [0.3, 0.4) is 0 Å². The second-order valence-corrected chi connectivity index (χ2v) is 4.81. The van der Waals surface area contributed by atoms with E-state index in [0.29, 0.717) is 16.6 Å². The molecule has 0 saturated heterocycles. The maximum Gasteiger partial charge on any atom is 0.303 e. The molecule has 4 nitrogen and oxygen atoms in total. The summed E-state index contributed by atoms with van der Waals surface area (Å²) in [5.41, 5.74) is 1.66. The van der Waals surface area contributed by atoms with E-state index < -0.39 is 11.8 Å². The number of hydrogen-bond acceptors (Lipinski definition) is 2. The molecule has 2 N–H and O–H groups in total. The second kappa shape index (κ2) is 5.01. The summed E-state index contributed by atoms with van der Waals surface area (Å²) in [6.45, 7) is 0. The molecule has 0 bridgehead atoms. The Kier molecular flexibility index (Phi) is 3.17. The van der Waals surface area contributed by atoms with Gasteiger partial charge in [0.2, 0.25) is 11.0 Å². The van der Waals surface area contributed by atoms with Crippen LogP contribution in [0.5, 0.6) is 5.75 Å². The van der Waals surface area contributed by atoms with E-state index in [-0.39, 0.29) is 24.0 Å². The lowest BCUT2D eigenvalue weighted by Crippen LogP contribution is -2.24. The fourth-order valence-corrected chi connectivity index (χ4v) is 2.60. The molecule has 0 aliphatic carbocycles. The summed E-state index contributed by atoms with van der Waals surface area (Å²) in [4.78, 5) is 10.8. The number of aliphatic carboxylic acids is 1. The third-order valence-electron chi connectivity index (χ3n) is 3.53. The van der Waals surface area contributed by atoms with Gasteiger partial charge >= 0.3 is 5.97 Å². The van der Waals surface area contributed by atoms with Gasteiger partial charge in [-0.1, -0.05) is 6.07 Å². The van der Waals surface area contributed by atoms with Gasteiger partial charge in [0.25, 0.3) is 0 Å². The van der Waals surface area contributed by atoms with E-state index in [1.165, 1.54) is 6.07 Å². The number of fused-ring (bicyclic) bond motifs is 3. The number of pyridine rings is 2. The molecule has 0 aliphatic rings. The first-order chi connectivity index (χ1) is 10.1. The highest BCUT2D eigenvalue weighted by molar-refractivity contribution is 5.87. The Labute approximate surface area is 119 Å². The largest absolute Gasteiger partial charge is 0.506 e. The maximum atomic E-state index is 14.1. The molecular weight excluding hydrogens is 273 g/mol. The molecule has 0 radical (unpaired) electrons. The molecule has 3 rings (SSSR count). The van der Waals surface area contributed by atoms with Gasteiger partial charge in [0, 0.05) is 24.6 Å². The van der Waals surface area contributed by atoms with Crippen molar-refractivity contribution in [3.63, 3.8) is 0 Å². The molecule has 2 heterocycles. The summed E-state index contributed by atoms with van der Waals surface area (Å²) < 4.78 is 15.8. The van der Waals surface area contributed by atoms with E-state index in [0.717, 1.165) is 0 Å². The summed E-state index contributed by atoms with van der Waals surface area (Å²) >= 11 is 0. The van der Waals surface area contributed by atoms with Crippen molar-refractivity contribution in [2.24, 2.45) is 0 Å². The van der Waals surface area contributed by atoms with Crippen LogP contribution in [-0.2, 0) is 11.2 Å². The standard InChI is InChI=1S/C16H12FNO3/c17-11-4-3-6-13-15(11)16(21)10(7-8-14(19)20)12-5-1-2-9-18(12)13/h1-6,9H,7-8H2,(H,19,20)/p+1. The maximum absolute atomic E-state index is 14.1. The SMILES string of the molecule is O=C(O)CCc1c(O)c2c(F)cccc2[n+]2ccccc12. The lowest BCUT2D eigenvalue weighted by Gasteiger charge is -2.08. The molecule has 0 aliphatic heterocycles. The first-order valence-corrected chi connectivity index (χ1v) is 6.54. The van der Waals surface area contributed by atoms with Crippen molar-refractivity contribution in [1.82, 2.24) is 0 Å². The molecule has 106 valence electrons. The third kappa shape index (κ3) is 2.16. The third-order valence-corrected chi connectivity index (χ3v) is 3.53. The van der Waals surface area contributed by atoms with Gasteiger partial charge in [0.1, 0.15) is 17.0 Å². The van der Waals surface area contributed by atoms with Crippen LogP contribution < -0.4 is 4.40 Å². The number of aromatic hydroxyl groups is 1. The first kappa shape index (κ1) is 13.3. The van der Waals surface area contributed by atoms with Crippen LogP contribution in [0.1, 0.15) is 12.0 Å². The smallest absolute Gasteiger partial charge is 0.303 e. The minimum absolute atomic E-state index is 0.113. The van der Waals surface area contributed by atoms with Crippen molar-refractivity contribution in [2.45, 2.75) is 12.8 Å². The normalized spacial score (nSPS) is 11.1. The van der Waals surface area contributed by atoms with E-state index in [9.17, 15) is 14.3 Å². The van der Waals surface area contributed by atoms with Crippen molar-refractivity contribution in [3.05, 3.63) is 54.0 Å². The van der Waals surface area contributed by atoms with Crippen LogP contribution in [-0.4, -0.2) is 16.2 Å². The molecule has 0 amide bonds. The minimum Gasteiger partial charge on any atom is -0.506 e. The van der Waals surface area contributed by atoms with E-state index in [2.05, 4.69) is 0 Å². The molecule has 1 aromatic carbocycles. The quantitative estimate of drug-likeness (QED) is 0.574. The highest BCUT2D eigenvalue weighted by atomic mass is 19.1. The molecule has 3 aromatic rings. The van der Waals surface area contributed by atoms with Crippen LogP contribution in [0.25, 0.3) is 16.4 Å². The topological polar surface area (TPSA) is 61.6 Å². The van der Waals surface area contributed by atoms with Gasteiger partial charge < -0.3 is 10.2 Å². The summed E-state index contributed by atoms with van der Waals surface area (Å²) in [7, 11) is 0. The Morgan fingerprint density at radius 3 is 2.67 bits per heavy atom. The average molecular weight is 286 g/mol. The van der Waals surface area contributed by atoms with Crippen LogP contribution >= 0.6 is 0 Å². The Balaban J connectivity index is 2.40. The number of aromatic nitrogens is 1. The van der Waals surface area contributed by atoms with Crippen molar-refractivity contribution in [2.75, 3.05) is 0 Å². The zero-order valence-electron chi connectivity index (χ0n) is 11.1. The number of rotatable bonds is 3. The summed E-state index contributed by atoms with van der Waals surface area (Å²) in [6.07, 6.45) is 1.78. The van der Waals surface area contributed by atoms with Crippen LogP contribution in [0, 0.1) is 5.82 Å². The zero-order valence-corrected chi connectivity index (χ0v) is 11.1. The lowest BCUT2D eigenvalue weighted by molar-refractivity contribution is -0.482. The highest BCUT2D eigenvalue weighted by Gasteiger charge is 2.22. The first-order valence-electron chi connectivity index (χ1n) is 6.54. The molecule has 0 spiro atoms. The summed E-state index contributed by atoms with van der Waals surface area (Å²) in [5.74, 6) is -1.67. The summed E-state index contributed by atoms with van der Waals surface area (Å²) in [6, 6.07) is 9.94. The van der Waals surface area contributed by atoms with E-state index in [1.807, 2.05) is 0 Å². The van der Waals surface area contributed by atoms with E-state index in [4.69, 9.17) is 5.11 Å².